The highest BCUT2D eigenvalue weighted by Gasteiger charge is 2.47. The Hall–Kier alpha value is -0.710. The first-order chi connectivity index (χ1) is 9.15. The first-order valence-electron chi connectivity index (χ1n) is 7.10. The lowest BCUT2D eigenvalue weighted by atomic mass is 9.90. The molecular formula is C15H22N2OS. The molecule has 2 bridgehead atoms. The number of nitrogens with zero attached hydrogens (tertiary/aromatic N) is 2. The summed E-state index contributed by atoms with van der Waals surface area (Å²) in [6.45, 7) is 6.65. The standard InChI is InChI=1S/C15H22N2OS/c1-12(2)16-9-14-8-15(10-16)17(14)19(18)11-13-6-4-3-5-7-13/h3-7,12,14-15H,8-11H2,1-2H3. The number of rotatable bonds is 4. The van der Waals surface area contributed by atoms with Crippen molar-refractivity contribution in [1.29, 1.82) is 0 Å². The Balaban J connectivity index is 1.61. The molecule has 4 heteroatoms. The van der Waals surface area contributed by atoms with Crippen molar-refractivity contribution < 1.29 is 4.21 Å². The second-order valence-electron chi connectivity index (χ2n) is 5.90. The van der Waals surface area contributed by atoms with Crippen LogP contribution >= 0.6 is 0 Å². The van der Waals surface area contributed by atoms with E-state index in [4.69, 9.17) is 0 Å². The van der Waals surface area contributed by atoms with Gasteiger partial charge in [-0.05, 0) is 25.8 Å². The molecule has 3 fully saturated rings. The minimum atomic E-state index is -0.859. The molecule has 0 aromatic heterocycles. The molecule has 0 aliphatic carbocycles. The topological polar surface area (TPSA) is 23.6 Å². The SMILES string of the molecule is CC(C)N1CC2CC(C1)N2S(=O)Cc1ccccc1. The number of hydrogen-bond acceptors (Lipinski definition) is 2. The lowest BCUT2D eigenvalue weighted by Gasteiger charge is -2.56. The molecule has 1 aromatic rings. The minimum Gasteiger partial charge on any atom is -0.298 e. The first-order valence-corrected chi connectivity index (χ1v) is 8.37. The largest absolute Gasteiger partial charge is 0.298 e. The van der Waals surface area contributed by atoms with Crippen LogP contribution in [0.25, 0.3) is 0 Å². The van der Waals surface area contributed by atoms with Crippen LogP contribution in [0.5, 0.6) is 0 Å². The maximum absolute atomic E-state index is 12.5. The van der Waals surface area contributed by atoms with E-state index in [1.165, 1.54) is 12.0 Å². The maximum atomic E-state index is 12.5. The molecule has 3 atom stereocenters. The van der Waals surface area contributed by atoms with Crippen molar-refractivity contribution in [3.05, 3.63) is 35.9 Å². The predicted molar refractivity (Wildman–Crippen MR) is 79.0 cm³/mol. The zero-order chi connectivity index (χ0) is 13.4. The van der Waals surface area contributed by atoms with E-state index in [0.717, 1.165) is 13.1 Å². The Morgan fingerprint density at radius 1 is 1.21 bits per heavy atom. The van der Waals surface area contributed by atoms with Gasteiger partial charge in [0.15, 0.2) is 0 Å². The summed E-state index contributed by atoms with van der Waals surface area (Å²) in [6.07, 6.45) is 1.23. The number of piperazine rings is 1. The summed E-state index contributed by atoms with van der Waals surface area (Å²) in [5.41, 5.74) is 1.17. The van der Waals surface area contributed by atoms with E-state index in [9.17, 15) is 4.21 Å². The van der Waals surface area contributed by atoms with Gasteiger partial charge < -0.3 is 0 Å². The number of hydrogen-bond donors (Lipinski definition) is 0. The smallest absolute Gasteiger partial charge is 0.0993 e. The number of benzene rings is 1. The molecule has 19 heavy (non-hydrogen) atoms. The monoisotopic (exact) mass is 278 g/mol. The minimum absolute atomic E-state index is 0.505. The van der Waals surface area contributed by atoms with Crippen molar-refractivity contribution >= 4 is 11.0 Å². The van der Waals surface area contributed by atoms with Crippen LogP contribution in [0.15, 0.2) is 30.3 Å². The highest BCUT2D eigenvalue weighted by atomic mass is 32.2. The van der Waals surface area contributed by atoms with E-state index in [1.807, 2.05) is 18.2 Å². The van der Waals surface area contributed by atoms with Crippen molar-refractivity contribution in [2.24, 2.45) is 0 Å². The summed E-state index contributed by atoms with van der Waals surface area (Å²) in [4.78, 5) is 2.51. The molecule has 3 nitrogen and oxygen atoms in total. The molecule has 0 saturated carbocycles. The van der Waals surface area contributed by atoms with Gasteiger partial charge in [-0.25, -0.2) is 8.51 Å². The van der Waals surface area contributed by atoms with Crippen LogP contribution in [0.1, 0.15) is 25.8 Å². The normalized spacial score (nSPS) is 29.2. The third kappa shape index (κ3) is 2.62. The van der Waals surface area contributed by atoms with Crippen LogP contribution in [0.4, 0.5) is 0 Å². The van der Waals surface area contributed by atoms with Crippen molar-refractivity contribution in [1.82, 2.24) is 9.21 Å². The van der Waals surface area contributed by atoms with E-state index in [-0.39, 0.29) is 0 Å². The maximum Gasteiger partial charge on any atom is 0.0993 e. The molecule has 0 amide bonds. The molecule has 0 spiro atoms. The molecule has 1 aromatic carbocycles. The van der Waals surface area contributed by atoms with Crippen LogP contribution in [0.3, 0.4) is 0 Å². The molecule has 3 aliphatic heterocycles. The Kier molecular flexibility index (Phi) is 3.74. The zero-order valence-electron chi connectivity index (χ0n) is 11.7. The molecule has 104 valence electrons. The average Bonchev–Trinajstić information content (AvgIpc) is 2.39. The summed E-state index contributed by atoms with van der Waals surface area (Å²) in [7, 11) is -0.859. The molecule has 3 unspecified atom stereocenters. The fourth-order valence-corrected chi connectivity index (χ4v) is 4.75. The molecule has 3 heterocycles. The summed E-state index contributed by atoms with van der Waals surface area (Å²) < 4.78 is 14.7. The predicted octanol–water partition coefficient (Wildman–Crippen LogP) is 2.02. The van der Waals surface area contributed by atoms with Gasteiger partial charge in [0.1, 0.15) is 0 Å². The number of fused-ring (bicyclic) bond motifs is 2. The Labute approximate surface area is 118 Å². The Bertz CT molecular complexity index is 450. The summed E-state index contributed by atoms with van der Waals surface area (Å²) in [5, 5.41) is 0. The molecule has 3 aliphatic rings. The molecule has 0 N–H and O–H groups in total. The van der Waals surface area contributed by atoms with E-state index in [2.05, 4.69) is 35.2 Å². The third-order valence-corrected chi connectivity index (χ3v) is 5.90. The molecule has 3 saturated heterocycles. The van der Waals surface area contributed by atoms with E-state index < -0.39 is 11.0 Å². The fraction of sp³-hybridized carbons (Fsp3) is 0.600. The van der Waals surface area contributed by atoms with Gasteiger partial charge in [-0.2, -0.15) is 0 Å². The van der Waals surface area contributed by atoms with Gasteiger partial charge in [-0.1, -0.05) is 30.3 Å². The fourth-order valence-electron chi connectivity index (χ4n) is 3.15. The third-order valence-electron chi connectivity index (χ3n) is 4.25. The van der Waals surface area contributed by atoms with E-state index in [0.29, 0.717) is 23.9 Å². The van der Waals surface area contributed by atoms with E-state index >= 15 is 0 Å². The van der Waals surface area contributed by atoms with Gasteiger partial charge in [-0.3, -0.25) is 4.90 Å². The van der Waals surface area contributed by atoms with Crippen molar-refractivity contribution in [2.75, 3.05) is 13.1 Å². The second kappa shape index (κ2) is 5.35. The quantitative estimate of drug-likeness (QED) is 0.841. The van der Waals surface area contributed by atoms with Crippen molar-refractivity contribution in [2.45, 2.75) is 44.1 Å². The van der Waals surface area contributed by atoms with Crippen LogP contribution < -0.4 is 0 Å². The molecule has 4 rings (SSSR count). The van der Waals surface area contributed by atoms with Crippen LogP contribution in [-0.2, 0) is 16.7 Å². The summed E-state index contributed by atoms with van der Waals surface area (Å²) in [5.74, 6) is 0.662. The van der Waals surface area contributed by atoms with E-state index in [1.54, 1.807) is 0 Å². The van der Waals surface area contributed by atoms with Crippen molar-refractivity contribution in [3.8, 4) is 0 Å². The van der Waals surface area contributed by atoms with Gasteiger partial charge in [0.25, 0.3) is 0 Å². The van der Waals surface area contributed by atoms with Gasteiger partial charge in [-0.15, -0.1) is 0 Å². The van der Waals surface area contributed by atoms with Gasteiger partial charge >= 0.3 is 0 Å². The molecule has 0 radical (unpaired) electrons. The lowest BCUT2D eigenvalue weighted by molar-refractivity contribution is -0.0167. The Morgan fingerprint density at radius 2 is 1.84 bits per heavy atom. The van der Waals surface area contributed by atoms with Gasteiger partial charge in [0.2, 0.25) is 0 Å². The molecular weight excluding hydrogens is 256 g/mol. The van der Waals surface area contributed by atoms with Crippen LogP contribution in [0.2, 0.25) is 0 Å². The summed E-state index contributed by atoms with van der Waals surface area (Å²) >= 11 is 0. The second-order valence-corrected chi connectivity index (χ2v) is 7.26. The van der Waals surface area contributed by atoms with Crippen LogP contribution in [0, 0.1) is 0 Å². The lowest BCUT2D eigenvalue weighted by Crippen LogP contribution is -2.69. The summed E-state index contributed by atoms with van der Waals surface area (Å²) in [6, 6.07) is 11.8. The average molecular weight is 278 g/mol. The highest BCUT2D eigenvalue weighted by molar-refractivity contribution is 7.81. The Morgan fingerprint density at radius 3 is 2.42 bits per heavy atom. The van der Waals surface area contributed by atoms with Gasteiger partial charge in [0, 0.05) is 31.2 Å². The number of piperidine rings is 1. The zero-order valence-corrected chi connectivity index (χ0v) is 12.5. The highest BCUT2D eigenvalue weighted by Crippen LogP contribution is 2.35. The van der Waals surface area contributed by atoms with Crippen LogP contribution in [-0.4, -0.2) is 44.6 Å². The van der Waals surface area contributed by atoms with Gasteiger partial charge in [0.05, 0.1) is 16.7 Å². The van der Waals surface area contributed by atoms with Crippen molar-refractivity contribution in [3.63, 3.8) is 0 Å². The first kappa shape index (κ1) is 13.3.